The predicted molar refractivity (Wildman–Crippen MR) is 249 cm³/mol. The third-order valence-electron chi connectivity index (χ3n) is 13.1. The van der Waals surface area contributed by atoms with Crippen molar-refractivity contribution in [3.63, 3.8) is 0 Å². The molecule has 1 fully saturated rings. The molecule has 2 amide bonds. The van der Waals surface area contributed by atoms with Crippen molar-refractivity contribution in [1.29, 1.82) is 5.26 Å². The summed E-state index contributed by atoms with van der Waals surface area (Å²) in [7, 11) is 0. The standard InChI is InChI=1S/C53H58N4O10/c1-3-26-64-53-48(57(51(60)38-19-16-35(31-54)17-20-38)32-37-18-22-46-47(27-37)63-34-62-46)30-44(56-65-33-36-12-6-5-7-13-36)42-28-39(14-8-10-24-58)41(15-9-11-25-59)49(50(42)53)43-29-40(21-23-45(43)67-53)66-52(61)55-4-2/h3,5-7,12-13,16-23,27-29,39,41,48-50,58-59H,1,4,8-11,14-15,24-26,30,32-34H2,2H3,(H,55,61)/t39-,41+,48-,49+,50+,53+/m0/s1. The van der Waals surface area contributed by atoms with Gasteiger partial charge in [0.05, 0.1) is 29.9 Å². The lowest BCUT2D eigenvalue weighted by atomic mass is 9.55. The molecule has 0 spiro atoms. The minimum Gasteiger partial charge on any atom is -0.459 e. The van der Waals surface area contributed by atoms with Crippen LogP contribution in [0.25, 0.3) is 0 Å². The summed E-state index contributed by atoms with van der Waals surface area (Å²) in [5.41, 5.74) is 4.75. The summed E-state index contributed by atoms with van der Waals surface area (Å²) >= 11 is 0. The number of aliphatic hydroxyl groups is 2. The van der Waals surface area contributed by atoms with Crippen LogP contribution in [0.1, 0.15) is 90.4 Å². The number of benzene rings is 4. The van der Waals surface area contributed by atoms with Gasteiger partial charge in [0.15, 0.2) is 11.5 Å². The molecule has 350 valence electrons. The highest BCUT2D eigenvalue weighted by atomic mass is 16.7. The van der Waals surface area contributed by atoms with Gasteiger partial charge in [-0.25, -0.2) is 4.79 Å². The molecule has 3 N–H and O–H groups in total. The summed E-state index contributed by atoms with van der Waals surface area (Å²) in [6, 6.07) is 28.6. The van der Waals surface area contributed by atoms with Crippen LogP contribution in [0.2, 0.25) is 0 Å². The van der Waals surface area contributed by atoms with Gasteiger partial charge < -0.3 is 49.0 Å². The Morgan fingerprint density at radius 3 is 2.45 bits per heavy atom. The third-order valence-corrected chi connectivity index (χ3v) is 13.1. The Morgan fingerprint density at radius 1 is 0.940 bits per heavy atom. The molecule has 4 aromatic carbocycles. The second kappa shape index (κ2) is 21.8. The van der Waals surface area contributed by atoms with Crippen molar-refractivity contribution < 1.29 is 48.3 Å². The first-order valence-corrected chi connectivity index (χ1v) is 23.2. The van der Waals surface area contributed by atoms with Gasteiger partial charge in [-0.3, -0.25) is 4.79 Å². The van der Waals surface area contributed by atoms with Crippen LogP contribution < -0.4 is 24.3 Å². The van der Waals surface area contributed by atoms with Gasteiger partial charge in [-0.1, -0.05) is 66.5 Å². The van der Waals surface area contributed by atoms with Gasteiger partial charge in [0.25, 0.3) is 5.91 Å². The predicted octanol–water partition coefficient (Wildman–Crippen LogP) is 8.57. The molecule has 14 nitrogen and oxygen atoms in total. The zero-order chi connectivity index (χ0) is 46.8. The van der Waals surface area contributed by atoms with E-state index in [-0.39, 0.29) is 69.8 Å². The number of oxime groups is 1. The molecular formula is C53H58N4O10. The monoisotopic (exact) mass is 910 g/mol. The van der Waals surface area contributed by atoms with Gasteiger partial charge >= 0.3 is 6.09 Å². The number of rotatable bonds is 20. The first kappa shape index (κ1) is 46.9. The molecule has 0 radical (unpaired) electrons. The fraction of sp³-hybridized carbons (Fsp3) is 0.396. The van der Waals surface area contributed by atoms with Crippen LogP contribution in [0.3, 0.4) is 0 Å². The minimum atomic E-state index is -1.57. The summed E-state index contributed by atoms with van der Waals surface area (Å²) in [6.07, 6.45) is 7.72. The largest absolute Gasteiger partial charge is 0.459 e. The average molecular weight is 911 g/mol. The van der Waals surface area contributed by atoms with Crippen LogP contribution >= 0.6 is 0 Å². The molecular weight excluding hydrogens is 853 g/mol. The van der Waals surface area contributed by atoms with Gasteiger partial charge in [-0.05, 0) is 116 Å². The smallest absolute Gasteiger partial charge is 0.412 e. The van der Waals surface area contributed by atoms with Crippen molar-refractivity contribution in [3.05, 3.63) is 143 Å². The van der Waals surface area contributed by atoms with E-state index in [1.54, 1.807) is 47.4 Å². The average Bonchev–Trinajstić information content (AvgIpc) is 3.82. The second-order valence-corrected chi connectivity index (χ2v) is 17.3. The lowest BCUT2D eigenvalue weighted by Crippen LogP contribution is -2.70. The van der Waals surface area contributed by atoms with Crippen LogP contribution in [-0.2, 0) is 22.7 Å². The Kier molecular flexibility index (Phi) is 15.2. The van der Waals surface area contributed by atoms with Crippen molar-refractivity contribution >= 4 is 17.7 Å². The Morgan fingerprint density at radius 2 is 1.70 bits per heavy atom. The van der Waals surface area contributed by atoms with Crippen LogP contribution in [0.5, 0.6) is 23.0 Å². The van der Waals surface area contributed by atoms with E-state index in [1.165, 1.54) is 0 Å². The number of nitrogens with zero attached hydrogens (tertiary/aromatic N) is 3. The number of fused-ring (bicyclic) bond motifs is 3. The number of aliphatic hydroxyl groups excluding tert-OH is 2. The number of hydrogen-bond donors (Lipinski definition) is 3. The van der Waals surface area contributed by atoms with Crippen molar-refractivity contribution in [2.24, 2.45) is 22.9 Å². The van der Waals surface area contributed by atoms with E-state index >= 15 is 4.79 Å². The molecule has 1 saturated carbocycles. The number of ether oxygens (including phenoxy) is 5. The number of amides is 2. The van der Waals surface area contributed by atoms with E-state index in [1.807, 2.05) is 61.5 Å². The highest BCUT2D eigenvalue weighted by Crippen LogP contribution is 2.62. The van der Waals surface area contributed by atoms with Crippen LogP contribution in [-0.4, -0.2) is 77.8 Å². The summed E-state index contributed by atoms with van der Waals surface area (Å²) in [4.78, 5) is 36.4. The van der Waals surface area contributed by atoms with Crippen LogP contribution in [0.15, 0.2) is 120 Å². The molecule has 6 atom stereocenters. The van der Waals surface area contributed by atoms with Gasteiger partial charge in [0.1, 0.15) is 24.1 Å². The molecule has 4 aromatic rings. The first-order valence-electron chi connectivity index (χ1n) is 23.2. The molecule has 0 saturated heterocycles. The van der Waals surface area contributed by atoms with Crippen LogP contribution in [0, 0.1) is 29.1 Å². The number of hydrogen-bond acceptors (Lipinski definition) is 12. The van der Waals surface area contributed by atoms with E-state index in [2.05, 4.69) is 24.0 Å². The first-order chi connectivity index (χ1) is 32.8. The highest BCUT2D eigenvalue weighted by molar-refractivity contribution is 6.03. The summed E-state index contributed by atoms with van der Waals surface area (Å²) in [5, 5.41) is 37.4. The van der Waals surface area contributed by atoms with Crippen molar-refractivity contribution in [3.8, 4) is 29.1 Å². The molecule has 2 aliphatic carbocycles. The van der Waals surface area contributed by atoms with Crippen molar-refractivity contribution in [2.75, 3.05) is 33.2 Å². The highest BCUT2D eigenvalue weighted by Gasteiger charge is 2.65. The number of carbonyl (C=O) groups is 2. The fourth-order valence-electron chi connectivity index (χ4n) is 10.2. The van der Waals surface area contributed by atoms with Gasteiger partial charge in [-0.15, -0.1) is 6.58 Å². The van der Waals surface area contributed by atoms with Crippen LogP contribution in [0.4, 0.5) is 4.79 Å². The number of unbranched alkanes of at least 4 members (excludes halogenated alkanes) is 2. The molecule has 14 heteroatoms. The Balaban J connectivity index is 1.36. The molecule has 0 unspecified atom stereocenters. The van der Waals surface area contributed by atoms with Gasteiger partial charge in [0, 0.05) is 49.8 Å². The maximum Gasteiger partial charge on any atom is 0.412 e. The molecule has 4 aliphatic rings. The summed E-state index contributed by atoms with van der Waals surface area (Å²) < 4.78 is 31.9. The number of nitrogens with one attached hydrogen (secondary N) is 1. The summed E-state index contributed by atoms with van der Waals surface area (Å²) in [6.45, 7) is 6.80. The number of nitriles is 1. The second-order valence-electron chi connectivity index (χ2n) is 17.3. The van der Waals surface area contributed by atoms with Crippen molar-refractivity contribution in [2.45, 2.75) is 82.8 Å². The van der Waals surface area contributed by atoms with Crippen molar-refractivity contribution in [1.82, 2.24) is 10.2 Å². The molecule has 67 heavy (non-hydrogen) atoms. The molecule has 0 bridgehead atoms. The number of carbonyl (C=O) groups excluding carboxylic acids is 2. The quantitative estimate of drug-likeness (QED) is 0.0439. The molecule has 0 aromatic heterocycles. The van der Waals surface area contributed by atoms with Gasteiger partial charge in [0.2, 0.25) is 12.6 Å². The Bertz CT molecular complexity index is 2490. The maximum absolute atomic E-state index is 15.5. The van der Waals surface area contributed by atoms with E-state index < -0.39 is 23.8 Å². The van der Waals surface area contributed by atoms with E-state index in [9.17, 15) is 20.3 Å². The minimum absolute atomic E-state index is 0.0154. The lowest BCUT2D eigenvalue weighted by Gasteiger charge is -2.60. The molecule has 2 heterocycles. The zero-order valence-electron chi connectivity index (χ0n) is 37.8. The Hall–Kier alpha value is -6.66. The molecule has 2 aliphatic heterocycles. The maximum atomic E-state index is 15.5. The number of allylic oxidation sites excluding steroid dienone is 1. The fourth-order valence-corrected chi connectivity index (χ4v) is 10.2. The Labute approximate surface area is 391 Å². The normalized spacial score (nSPS) is 22.6. The zero-order valence-corrected chi connectivity index (χ0v) is 37.8. The third kappa shape index (κ3) is 10.2. The molecule has 8 rings (SSSR count). The van der Waals surface area contributed by atoms with E-state index in [0.29, 0.717) is 59.2 Å². The SMILES string of the molecule is C=CCO[C@@]12Oc3ccc(OC(=O)NCC)cc3[C@H]3[C@H](CCCCO)[C@@H](CCCCO)C=C(C(=NOCc4ccccc4)C[C@@H]1N(Cc1ccc4c(c1)OCO4)C(=O)c1ccc(C#N)cc1)[C@H]32. The summed E-state index contributed by atoms with van der Waals surface area (Å²) in [5.74, 6) is -0.939. The topological polar surface area (TPSA) is 181 Å². The van der Waals surface area contributed by atoms with E-state index in [0.717, 1.165) is 47.9 Å². The van der Waals surface area contributed by atoms with Gasteiger partial charge in [-0.2, -0.15) is 5.26 Å². The van der Waals surface area contributed by atoms with E-state index in [4.69, 9.17) is 33.7 Å². The lowest BCUT2D eigenvalue weighted by molar-refractivity contribution is -0.255.